The summed E-state index contributed by atoms with van der Waals surface area (Å²) in [6, 6.07) is 0. The molecule has 0 radical (unpaired) electrons. The SMILES string of the molecule is CCOC(=O)CCn1cc2c(N)ncnc2n1. The van der Waals surface area contributed by atoms with E-state index in [0.29, 0.717) is 30.0 Å². The van der Waals surface area contributed by atoms with Gasteiger partial charge in [0.25, 0.3) is 0 Å². The normalized spacial score (nSPS) is 10.6. The van der Waals surface area contributed by atoms with Gasteiger partial charge in [0.1, 0.15) is 12.1 Å². The Labute approximate surface area is 97.6 Å². The van der Waals surface area contributed by atoms with Crippen molar-refractivity contribution >= 4 is 22.8 Å². The predicted molar refractivity (Wildman–Crippen MR) is 61.0 cm³/mol. The van der Waals surface area contributed by atoms with Gasteiger partial charge in [-0.2, -0.15) is 5.10 Å². The van der Waals surface area contributed by atoms with Crippen LogP contribution in [0.25, 0.3) is 11.0 Å². The van der Waals surface area contributed by atoms with E-state index in [1.54, 1.807) is 17.8 Å². The van der Waals surface area contributed by atoms with Crippen LogP contribution < -0.4 is 5.73 Å². The summed E-state index contributed by atoms with van der Waals surface area (Å²) in [5, 5.41) is 4.87. The quantitative estimate of drug-likeness (QED) is 0.769. The first-order valence-corrected chi connectivity index (χ1v) is 5.30. The van der Waals surface area contributed by atoms with Gasteiger partial charge in [-0.3, -0.25) is 9.48 Å². The average Bonchev–Trinajstić information content (AvgIpc) is 2.71. The Balaban J connectivity index is 2.10. The van der Waals surface area contributed by atoms with Crippen molar-refractivity contribution in [2.75, 3.05) is 12.3 Å². The van der Waals surface area contributed by atoms with Gasteiger partial charge in [0.15, 0.2) is 5.65 Å². The highest BCUT2D eigenvalue weighted by molar-refractivity contribution is 5.84. The Morgan fingerprint density at radius 3 is 3.06 bits per heavy atom. The molecular weight excluding hydrogens is 222 g/mol. The van der Waals surface area contributed by atoms with Gasteiger partial charge in [0, 0.05) is 6.20 Å². The standard InChI is InChI=1S/C10H13N5O2/c1-2-17-8(16)3-4-15-5-7-9(11)12-6-13-10(7)14-15/h5-6H,2-4H2,1H3,(H2,11,12,13,14). The number of aromatic nitrogens is 4. The molecule has 0 aliphatic rings. The van der Waals surface area contributed by atoms with Crippen LogP contribution in [0.4, 0.5) is 5.82 Å². The molecule has 0 spiro atoms. The molecule has 0 amide bonds. The lowest BCUT2D eigenvalue weighted by Crippen LogP contribution is -2.09. The van der Waals surface area contributed by atoms with Gasteiger partial charge in [0.05, 0.1) is 25.0 Å². The Bertz CT molecular complexity index is 536. The van der Waals surface area contributed by atoms with Gasteiger partial charge < -0.3 is 10.5 Å². The lowest BCUT2D eigenvalue weighted by molar-refractivity contribution is -0.143. The molecule has 0 aliphatic heterocycles. The van der Waals surface area contributed by atoms with Crippen LogP contribution >= 0.6 is 0 Å². The van der Waals surface area contributed by atoms with Gasteiger partial charge >= 0.3 is 5.97 Å². The maximum absolute atomic E-state index is 11.2. The summed E-state index contributed by atoms with van der Waals surface area (Å²) in [5.74, 6) is 0.142. The minimum atomic E-state index is -0.244. The third-order valence-electron chi connectivity index (χ3n) is 2.25. The lowest BCUT2D eigenvalue weighted by atomic mass is 10.4. The summed E-state index contributed by atoms with van der Waals surface area (Å²) in [4.78, 5) is 19.0. The van der Waals surface area contributed by atoms with E-state index in [1.165, 1.54) is 6.33 Å². The van der Waals surface area contributed by atoms with E-state index < -0.39 is 0 Å². The molecule has 0 unspecified atom stereocenters. The monoisotopic (exact) mass is 235 g/mol. The van der Waals surface area contributed by atoms with Crippen LogP contribution in [0.15, 0.2) is 12.5 Å². The molecule has 0 atom stereocenters. The van der Waals surface area contributed by atoms with Gasteiger partial charge in [-0.15, -0.1) is 0 Å². The second-order valence-corrected chi connectivity index (χ2v) is 3.44. The minimum Gasteiger partial charge on any atom is -0.466 e. The predicted octanol–water partition coefficient (Wildman–Crippen LogP) is 0.362. The molecule has 2 N–H and O–H groups in total. The number of carbonyl (C=O) groups excluding carboxylic acids is 1. The zero-order valence-electron chi connectivity index (χ0n) is 9.46. The number of nitrogens with zero attached hydrogens (tertiary/aromatic N) is 4. The first-order chi connectivity index (χ1) is 8.20. The van der Waals surface area contributed by atoms with Gasteiger partial charge in [-0.05, 0) is 6.92 Å². The van der Waals surface area contributed by atoms with E-state index in [9.17, 15) is 4.79 Å². The number of nitrogen functional groups attached to an aromatic ring is 1. The van der Waals surface area contributed by atoms with Crippen LogP contribution in [-0.2, 0) is 16.1 Å². The number of esters is 1. The van der Waals surface area contributed by atoms with Gasteiger partial charge in [0.2, 0.25) is 0 Å². The number of carbonyl (C=O) groups is 1. The molecule has 2 heterocycles. The minimum absolute atomic E-state index is 0.244. The molecule has 0 fully saturated rings. The fraction of sp³-hybridized carbons (Fsp3) is 0.400. The molecule has 0 saturated heterocycles. The highest BCUT2D eigenvalue weighted by Gasteiger charge is 2.07. The number of hydrogen-bond donors (Lipinski definition) is 1. The van der Waals surface area contributed by atoms with Crippen molar-refractivity contribution in [3.05, 3.63) is 12.5 Å². The summed E-state index contributed by atoms with van der Waals surface area (Å²) < 4.78 is 6.45. The maximum atomic E-state index is 11.2. The summed E-state index contributed by atoms with van der Waals surface area (Å²) in [6.45, 7) is 2.60. The molecule has 2 aromatic rings. The van der Waals surface area contributed by atoms with E-state index in [4.69, 9.17) is 10.5 Å². The number of aryl methyl sites for hydroxylation is 1. The second-order valence-electron chi connectivity index (χ2n) is 3.44. The summed E-state index contributed by atoms with van der Waals surface area (Å²) in [5.41, 5.74) is 6.21. The molecule has 90 valence electrons. The molecule has 0 aromatic carbocycles. The maximum Gasteiger partial charge on any atom is 0.307 e. The molecule has 17 heavy (non-hydrogen) atoms. The van der Waals surface area contributed by atoms with Crippen molar-refractivity contribution in [3.8, 4) is 0 Å². The Morgan fingerprint density at radius 1 is 1.53 bits per heavy atom. The van der Waals surface area contributed by atoms with Crippen LogP contribution in [0.2, 0.25) is 0 Å². The fourth-order valence-electron chi connectivity index (χ4n) is 1.46. The van der Waals surface area contributed by atoms with E-state index in [2.05, 4.69) is 15.1 Å². The van der Waals surface area contributed by atoms with Crippen molar-refractivity contribution in [3.63, 3.8) is 0 Å². The molecule has 0 saturated carbocycles. The van der Waals surface area contributed by atoms with Crippen molar-refractivity contribution in [1.82, 2.24) is 19.7 Å². The zero-order valence-corrected chi connectivity index (χ0v) is 9.46. The van der Waals surface area contributed by atoms with Crippen LogP contribution in [0.5, 0.6) is 0 Å². The summed E-state index contributed by atoms with van der Waals surface area (Å²) >= 11 is 0. The first kappa shape index (κ1) is 11.3. The van der Waals surface area contributed by atoms with Crippen molar-refractivity contribution in [2.45, 2.75) is 19.9 Å². The third kappa shape index (κ3) is 2.49. The number of rotatable bonds is 4. The summed E-state index contributed by atoms with van der Waals surface area (Å²) in [7, 11) is 0. The fourth-order valence-corrected chi connectivity index (χ4v) is 1.46. The molecule has 7 nitrogen and oxygen atoms in total. The second kappa shape index (κ2) is 4.77. The highest BCUT2D eigenvalue weighted by Crippen LogP contribution is 2.14. The number of hydrogen-bond acceptors (Lipinski definition) is 6. The van der Waals surface area contributed by atoms with Crippen LogP contribution in [0.3, 0.4) is 0 Å². The topological polar surface area (TPSA) is 95.9 Å². The number of anilines is 1. The Hall–Kier alpha value is -2.18. The average molecular weight is 235 g/mol. The summed E-state index contributed by atoms with van der Waals surface area (Å²) in [6.07, 6.45) is 3.36. The molecule has 0 aliphatic carbocycles. The molecule has 2 rings (SSSR count). The first-order valence-electron chi connectivity index (χ1n) is 5.30. The van der Waals surface area contributed by atoms with Crippen molar-refractivity contribution in [1.29, 1.82) is 0 Å². The number of ether oxygens (including phenoxy) is 1. The van der Waals surface area contributed by atoms with Gasteiger partial charge in [-0.1, -0.05) is 0 Å². The third-order valence-corrected chi connectivity index (χ3v) is 2.25. The van der Waals surface area contributed by atoms with Gasteiger partial charge in [-0.25, -0.2) is 9.97 Å². The largest absolute Gasteiger partial charge is 0.466 e. The molecule has 0 bridgehead atoms. The van der Waals surface area contributed by atoms with Crippen molar-refractivity contribution in [2.24, 2.45) is 0 Å². The van der Waals surface area contributed by atoms with E-state index in [0.717, 1.165) is 0 Å². The Kier molecular flexibility index (Phi) is 3.17. The zero-order chi connectivity index (χ0) is 12.3. The molecule has 7 heteroatoms. The Morgan fingerprint density at radius 2 is 2.35 bits per heavy atom. The lowest BCUT2D eigenvalue weighted by Gasteiger charge is -2.01. The van der Waals surface area contributed by atoms with Crippen LogP contribution in [0.1, 0.15) is 13.3 Å². The van der Waals surface area contributed by atoms with Crippen molar-refractivity contribution < 1.29 is 9.53 Å². The molecular formula is C10H13N5O2. The highest BCUT2D eigenvalue weighted by atomic mass is 16.5. The smallest absolute Gasteiger partial charge is 0.307 e. The molecule has 2 aromatic heterocycles. The van der Waals surface area contributed by atoms with E-state index in [1.807, 2.05) is 0 Å². The number of nitrogens with two attached hydrogens (primary N) is 1. The van der Waals surface area contributed by atoms with Crippen LogP contribution in [0, 0.1) is 0 Å². The van der Waals surface area contributed by atoms with Crippen LogP contribution in [-0.4, -0.2) is 32.3 Å². The van der Waals surface area contributed by atoms with E-state index in [-0.39, 0.29) is 12.4 Å². The number of fused-ring (bicyclic) bond motifs is 1. The van der Waals surface area contributed by atoms with E-state index >= 15 is 0 Å².